The van der Waals surface area contributed by atoms with E-state index >= 15 is 0 Å². The Labute approximate surface area is 95.3 Å². The highest BCUT2D eigenvalue weighted by atomic mass is 31.2. The second-order valence-corrected chi connectivity index (χ2v) is 6.83. The van der Waals surface area contributed by atoms with Crippen LogP contribution in [0.4, 0.5) is 5.69 Å². The average molecular weight is 241 g/mol. The van der Waals surface area contributed by atoms with Gasteiger partial charge < -0.3 is 14.8 Å². The Morgan fingerprint density at radius 1 is 1.31 bits per heavy atom. The number of hydrogen-bond acceptors (Lipinski definition) is 4. The van der Waals surface area contributed by atoms with E-state index in [1.165, 1.54) is 0 Å². The minimum Gasteiger partial charge on any atom is -0.399 e. The van der Waals surface area contributed by atoms with Gasteiger partial charge in [0, 0.05) is 11.1 Å². The van der Waals surface area contributed by atoms with E-state index in [1.54, 1.807) is 24.3 Å². The molecule has 0 radical (unpaired) electrons. The summed E-state index contributed by atoms with van der Waals surface area (Å²) in [7, 11) is -3.15. The van der Waals surface area contributed by atoms with Crippen molar-refractivity contribution in [1.82, 2.24) is 0 Å². The van der Waals surface area contributed by atoms with Crippen LogP contribution in [0.15, 0.2) is 24.3 Å². The molecule has 0 bridgehead atoms. The van der Waals surface area contributed by atoms with Gasteiger partial charge in [-0.15, -0.1) is 0 Å². The zero-order valence-corrected chi connectivity index (χ0v) is 10.4. The highest BCUT2D eigenvalue weighted by Crippen LogP contribution is 2.52. The molecular weight excluding hydrogens is 225 g/mol. The highest BCUT2D eigenvalue weighted by Gasteiger charge is 2.37. The summed E-state index contributed by atoms with van der Waals surface area (Å²) >= 11 is 0. The van der Waals surface area contributed by atoms with Crippen LogP contribution in [0.25, 0.3) is 0 Å². The van der Waals surface area contributed by atoms with Crippen LogP contribution in [0, 0.1) is 5.41 Å². The first-order valence-corrected chi connectivity index (χ1v) is 6.71. The molecule has 88 valence electrons. The molecule has 2 rings (SSSR count). The molecular formula is C11H16NO3P. The van der Waals surface area contributed by atoms with Crippen LogP contribution in [0.1, 0.15) is 13.8 Å². The lowest BCUT2D eigenvalue weighted by Gasteiger charge is -2.34. The Bertz CT molecular complexity index is 431. The third-order valence-corrected chi connectivity index (χ3v) is 4.29. The van der Waals surface area contributed by atoms with E-state index in [0.29, 0.717) is 24.2 Å². The zero-order valence-electron chi connectivity index (χ0n) is 9.47. The van der Waals surface area contributed by atoms with Gasteiger partial charge in [-0.2, -0.15) is 0 Å². The van der Waals surface area contributed by atoms with Crippen molar-refractivity contribution in [2.24, 2.45) is 5.41 Å². The number of nitrogen functional groups attached to an aromatic ring is 1. The quantitative estimate of drug-likeness (QED) is 0.604. The predicted molar refractivity (Wildman–Crippen MR) is 63.8 cm³/mol. The van der Waals surface area contributed by atoms with E-state index in [-0.39, 0.29) is 5.41 Å². The fourth-order valence-corrected chi connectivity index (χ4v) is 3.43. The van der Waals surface area contributed by atoms with E-state index in [0.717, 1.165) is 0 Å². The first-order valence-electron chi connectivity index (χ1n) is 5.17. The van der Waals surface area contributed by atoms with Gasteiger partial charge in [-0.1, -0.05) is 19.9 Å². The number of hydrogen-bond donors (Lipinski definition) is 1. The minimum absolute atomic E-state index is 0.0891. The van der Waals surface area contributed by atoms with Gasteiger partial charge in [-0.05, 0) is 18.2 Å². The van der Waals surface area contributed by atoms with Crippen molar-refractivity contribution in [2.75, 3.05) is 18.9 Å². The van der Waals surface area contributed by atoms with E-state index in [4.69, 9.17) is 14.8 Å². The Morgan fingerprint density at radius 2 is 1.94 bits per heavy atom. The SMILES string of the molecule is CC1(C)COP(=O)(c2cccc(N)c2)OC1. The summed E-state index contributed by atoms with van der Waals surface area (Å²) < 4.78 is 23.2. The molecule has 0 unspecified atom stereocenters. The molecule has 1 heterocycles. The van der Waals surface area contributed by atoms with Crippen molar-refractivity contribution in [2.45, 2.75) is 13.8 Å². The van der Waals surface area contributed by atoms with Crippen LogP contribution in [0.3, 0.4) is 0 Å². The molecule has 0 saturated carbocycles. The summed E-state index contributed by atoms with van der Waals surface area (Å²) in [5.74, 6) is 0. The molecule has 0 aromatic heterocycles. The van der Waals surface area contributed by atoms with Gasteiger partial charge in [-0.25, -0.2) is 0 Å². The van der Waals surface area contributed by atoms with Crippen molar-refractivity contribution in [3.8, 4) is 0 Å². The molecule has 5 heteroatoms. The zero-order chi connectivity index (χ0) is 11.8. The Hall–Kier alpha value is -0.830. The molecule has 0 amide bonds. The smallest absolute Gasteiger partial charge is 0.361 e. The molecule has 1 fully saturated rings. The lowest BCUT2D eigenvalue weighted by Crippen LogP contribution is -2.31. The molecule has 16 heavy (non-hydrogen) atoms. The maximum absolute atomic E-state index is 12.4. The molecule has 0 spiro atoms. The van der Waals surface area contributed by atoms with Crippen LogP contribution >= 0.6 is 7.60 Å². The summed E-state index contributed by atoms with van der Waals surface area (Å²) in [6.45, 7) is 4.88. The molecule has 1 saturated heterocycles. The topological polar surface area (TPSA) is 61.5 Å². The summed E-state index contributed by atoms with van der Waals surface area (Å²) in [6, 6.07) is 6.84. The first-order chi connectivity index (χ1) is 7.41. The second-order valence-electron chi connectivity index (χ2n) is 4.80. The van der Waals surface area contributed by atoms with Crippen LogP contribution in [0.5, 0.6) is 0 Å². The number of benzene rings is 1. The van der Waals surface area contributed by atoms with E-state index in [9.17, 15) is 4.57 Å². The Morgan fingerprint density at radius 3 is 2.50 bits per heavy atom. The summed E-state index contributed by atoms with van der Waals surface area (Å²) in [5, 5.41) is 0.531. The third kappa shape index (κ3) is 2.29. The van der Waals surface area contributed by atoms with Crippen molar-refractivity contribution >= 4 is 18.6 Å². The molecule has 1 aromatic carbocycles. The number of rotatable bonds is 1. The molecule has 1 aliphatic rings. The largest absolute Gasteiger partial charge is 0.399 e. The Kier molecular flexibility index (Phi) is 2.82. The number of anilines is 1. The fraction of sp³-hybridized carbons (Fsp3) is 0.455. The van der Waals surface area contributed by atoms with Crippen LogP contribution < -0.4 is 11.0 Å². The van der Waals surface area contributed by atoms with Gasteiger partial charge in [0.25, 0.3) is 0 Å². The van der Waals surface area contributed by atoms with Crippen molar-refractivity contribution in [1.29, 1.82) is 0 Å². The van der Waals surface area contributed by atoms with Gasteiger partial charge in [0.1, 0.15) is 0 Å². The van der Waals surface area contributed by atoms with Gasteiger partial charge in [0.2, 0.25) is 0 Å². The van der Waals surface area contributed by atoms with Gasteiger partial charge in [-0.3, -0.25) is 4.57 Å². The van der Waals surface area contributed by atoms with Crippen LogP contribution in [-0.4, -0.2) is 13.2 Å². The standard InChI is InChI=1S/C11H16NO3P/c1-11(2)7-14-16(13,15-8-11)10-5-3-4-9(12)6-10/h3-6H,7-8,12H2,1-2H3. The highest BCUT2D eigenvalue weighted by molar-refractivity contribution is 7.62. The van der Waals surface area contributed by atoms with E-state index in [1.807, 2.05) is 13.8 Å². The summed E-state index contributed by atoms with van der Waals surface area (Å²) in [6.07, 6.45) is 0. The molecule has 0 aliphatic carbocycles. The van der Waals surface area contributed by atoms with Gasteiger partial charge in [0.15, 0.2) is 0 Å². The third-order valence-electron chi connectivity index (χ3n) is 2.44. The lowest BCUT2D eigenvalue weighted by atomic mass is 9.97. The molecule has 1 aliphatic heterocycles. The Balaban J connectivity index is 2.25. The van der Waals surface area contributed by atoms with Crippen molar-refractivity contribution in [3.05, 3.63) is 24.3 Å². The minimum atomic E-state index is -3.15. The molecule has 1 aromatic rings. The van der Waals surface area contributed by atoms with Gasteiger partial charge >= 0.3 is 7.60 Å². The van der Waals surface area contributed by atoms with E-state index < -0.39 is 7.60 Å². The molecule has 2 N–H and O–H groups in total. The average Bonchev–Trinajstić information content (AvgIpc) is 2.23. The first kappa shape index (κ1) is 11.6. The molecule has 0 atom stereocenters. The maximum atomic E-state index is 12.4. The van der Waals surface area contributed by atoms with E-state index in [2.05, 4.69) is 0 Å². The summed E-state index contributed by atoms with van der Waals surface area (Å²) in [4.78, 5) is 0. The predicted octanol–water partition coefficient (Wildman–Crippen LogP) is 2.16. The van der Waals surface area contributed by atoms with Crippen molar-refractivity contribution < 1.29 is 13.6 Å². The van der Waals surface area contributed by atoms with Crippen LogP contribution in [0.2, 0.25) is 0 Å². The van der Waals surface area contributed by atoms with Crippen LogP contribution in [-0.2, 0) is 13.6 Å². The monoisotopic (exact) mass is 241 g/mol. The number of nitrogens with two attached hydrogens (primary N) is 1. The molecule has 4 nitrogen and oxygen atoms in total. The lowest BCUT2D eigenvalue weighted by molar-refractivity contribution is 0.0463. The summed E-state index contributed by atoms with van der Waals surface area (Å²) in [5.41, 5.74) is 6.12. The second kappa shape index (κ2) is 3.88. The van der Waals surface area contributed by atoms with Crippen molar-refractivity contribution in [3.63, 3.8) is 0 Å². The normalized spacial score (nSPS) is 22.9. The fourth-order valence-electron chi connectivity index (χ4n) is 1.44. The van der Waals surface area contributed by atoms with Gasteiger partial charge in [0.05, 0.1) is 18.5 Å². The maximum Gasteiger partial charge on any atom is 0.361 e.